The fraction of sp³-hybridized carbons (Fsp3) is 0.900. The van der Waals surface area contributed by atoms with Gasteiger partial charge in [0.05, 0.1) is 5.75 Å². The van der Waals surface area contributed by atoms with Crippen LogP contribution in [0.25, 0.3) is 0 Å². The van der Waals surface area contributed by atoms with E-state index < -0.39 is 20.9 Å². The summed E-state index contributed by atoms with van der Waals surface area (Å²) in [6.45, 7) is 3.66. The molecule has 5 heteroatoms. The number of hydrogen-bond acceptors (Lipinski definition) is 3. The topological polar surface area (TPSA) is 71.4 Å². The summed E-state index contributed by atoms with van der Waals surface area (Å²) in [4.78, 5) is 11.8. The van der Waals surface area contributed by atoms with Crippen molar-refractivity contribution in [1.82, 2.24) is 0 Å². The zero-order chi connectivity index (χ0) is 11.5. The van der Waals surface area contributed by atoms with Crippen LogP contribution in [0.5, 0.6) is 0 Å². The molecule has 3 atom stereocenters. The number of carbonyl (C=O) groups is 1. The maximum absolute atomic E-state index is 11.8. The summed E-state index contributed by atoms with van der Waals surface area (Å²) in [5, 5.41) is 0. The summed E-state index contributed by atoms with van der Waals surface area (Å²) in [7, 11) is -4.01. The number of ketones is 1. The predicted molar refractivity (Wildman–Crippen MR) is 55.0 cm³/mol. The highest BCUT2D eigenvalue weighted by atomic mass is 32.2. The Labute approximate surface area is 89.8 Å². The quantitative estimate of drug-likeness (QED) is 0.728. The molecule has 0 spiro atoms. The van der Waals surface area contributed by atoms with E-state index in [0.717, 1.165) is 12.8 Å². The van der Waals surface area contributed by atoms with Gasteiger partial charge in [0, 0.05) is 11.8 Å². The Bertz CT molecular complexity index is 413. The number of carbonyl (C=O) groups excluding carboxylic acids is 1. The fourth-order valence-corrected chi connectivity index (χ4v) is 4.72. The van der Waals surface area contributed by atoms with E-state index >= 15 is 0 Å². The monoisotopic (exact) mass is 232 g/mol. The Kier molecular flexibility index (Phi) is 2.09. The van der Waals surface area contributed by atoms with Gasteiger partial charge < -0.3 is 0 Å². The van der Waals surface area contributed by atoms with Gasteiger partial charge in [-0.25, -0.2) is 0 Å². The van der Waals surface area contributed by atoms with Crippen molar-refractivity contribution in [2.24, 2.45) is 16.7 Å². The maximum atomic E-state index is 11.8. The molecule has 0 aromatic heterocycles. The molecule has 0 aromatic rings. The Morgan fingerprint density at radius 1 is 1.47 bits per heavy atom. The van der Waals surface area contributed by atoms with Gasteiger partial charge in [-0.15, -0.1) is 0 Å². The summed E-state index contributed by atoms with van der Waals surface area (Å²) in [6.07, 6.45) is 2.12. The zero-order valence-electron chi connectivity index (χ0n) is 8.99. The Balaban J connectivity index is 2.41. The van der Waals surface area contributed by atoms with E-state index in [0.29, 0.717) is 6.42 Å². The van der Waals surface area contributed by atoms with Crippen LogP contribution in [-0.2, 0) is 14.9 Å². The molecule has 2 bridgehead atoms. The molecule has 4 nitrogen and oxygen atoms in total. The van der Waals surface area contributed by atoms with Crippen LogP contribution < -0.4 is 0 Å². The summed E-state index contributed by atoms with van der Waals surface area (Å²) in [5.41, 5.74) is -1.12. The predicted octanol–water partition coefficient (Wildman–Crippen LogP) is 1.27. The molecule has 0 heterocycles. The molecular formula is C10H16O4S. The molecule has 0 amide bonds. The lowest BCUT2D eigenvalue weighted by Crippen LogP contribution is -2.40. The van der Waals surface area contributed by atoms with Crippen molar-refractivity contribution >= 4 is 15.9 Å². The Morgan fingerprint density at radius 2 is 2.07 bits per heavy atom. The van der Waals surface area contributed by atoms with Crippen molar-refractivity contribution in [2.75, 3.05) is 5.75 Å². The maximum Gasteiger partial charge on any atom is 0.265 e. The van der Waals surface area contributed by atoms with Crippen molar-refractivity contribution in [3.05, 3.63) is 0 Å². The number of Topliss-reactive ketones (excluding diaryl/α,β-unsaturated/α-hetero) is 1. The molecule has 86 valence electrons. The summed E-state index contributed by atoms with van der Waals surface area (Å²) in [5.74, 6) is -0.00535. The van der Waals surface area contributed by atoms with Crippen molar-refractivity contribution < 1.29 is 17.8 Å². The number of hydrogen-bond donors (Lipinski definition) is 1. The SMILES string of the molecule is CC1(CS(=O)(=O)O)C2CC[C@@]1(C)C(=O)C2. The first kappa shape index (κ1) is 11.1. The Morgan fingerprint density at radius 3 is 2.40 bits per heavy atom. The molecule has 0 saturated heterocycles. The average Bonchev–Trinajstić information content (AvgIpc) is 2.35. The van der Waals surface area contributed by atoms with Gasteiger partial charge in [-0.05, 0) is 24.2 Å². The molecule has 15 heavy (non-hydrogen) atoms. The summed E-state index contributed by atoms with van der Waals surface area (Å²) in [6, 6.07) is 0. The first-order chi connectivity index (χ1) is 6.69. The first-order valence-electron chi connectivity index (χ1n) is 5.17. The second-order valence-corrected chi connectivity index (χ2v) is 6.79. The average molecular weight is 232 g/mol. The first-order valence-corrected chi connectivity index (χ1v) is 6.78. The fourth-order valence-electron chi connectivity index (χ4n) is 3.41. The van der Waals surface area contributed by atoms with E-state index in [1.165, 1.54) is 0 Å². The van der Waals surface area contributed by atoms with Gasteiger partial charge in [-0.3, -0.25) is 9.35 Å². The summed E-state index contributed by atoms with van der Waals surface area (Å²) >= 11 is 0. The second-order valence-electron chi connectivity index (χ2n) is 5.34. The third kappa shape index (κ3) is 1.36. The van der Waals surface area contributed by atoms with Gasteiger partial charge in [0.1, 0.15) is 5.78 Å². The molecule has 2 fully saturated rings. The molecule has 0 aliphatic heterocycles. The second kappa shape index (κ2) is 2.83. The van der Waals surface area contributed by atoms with Gasteiger partial charge in [-0.2, -0.15) is 8.42 Å². The molecule has 2 saturated carbocycles. The van der Waals surface area contributed by atoms with Crippen molar-refractivity contribution in [1.29, 1.82) is 0 Å². The molecular weight excluding hydrogens is 216 g/mol. The van der Waals surface area contributed by atoms with Gasteiger partial charge in [0.15, 0.2) is 0 Å². The van der Waals surface area contributed by atoms with Crippen molar-refractivity contribution in [3.63, 3.8) is 0 Å². The minimum Gasteiger partial charge on any atom is -0.299 e. The highest BCUT2D eigenvalue weighted by molar-refractivity contribution is 7.85. The molecule has 2 unspecified atom stereocenters. The minimum absolute atomic E-state index is 0.122. The normalized spacial score (nSPS) is 45.0. The van der Waals surface area contributed by atoms with Crippen LogP contribution >= 0.6 is 0 Å². The van der Waals surface area contributed by atoms with Gasteiger partial charge in [-0.1, -0.05) is 13.8 Å². The van der Waals surface area contributed by atoms with Gasteiger partial charge in [0.25, 0.3) is 10.1 Å². The highest BCUT2D eigenvalue weighted by Gasteiger charge is 2.64. The molecule has 2 aliphatic carbocycles. The smallest absolute Gasteiger partial charge is 0.265 e. The minimum atomic E-state index is -4.01. The van der Waals surface area contributed by atoms with E-state index in [-0.39, 0.29) is 17.5 Å². The van der Waals surface area contributed by atoms with E-state index in [1.807, 2.05) is 13.8 Å². The van der Waals surface area contributed by atoms with Crippen molar-refractivity contribution in [3.8, 4) is 0 Å². The molecule has 1 N–H and O–H groups in total. The molecule has 2 rings (SSSR count). The lowest BCUT2D eigenvalue weighted by molar-refractivity contribution is -0.128. The van der Waals surface area contributed by atoms with Crippen molar-refractivity contribution in [2.45, 2.75) is 33.1 Å². The molecule has 2 aliphatic rings. The third-order valence-corrected chi connectivity index (χ3v) is 5.65. The lowest BCUT2D eigenvalue weighted by atomic mass is 9.70. The number of rotatable bonds is 2. The van der Waals surface area contributed by atoms with E-state index in [9.17, 15) is 13.2 Å². The van der Waals surface area contributed by atoms with E-state index in [1.54, 1.807) is 0 Å². The standard InChI is InChI=1S/C10H16O4S/c1-9-4-3-7(5-8(9)11)10(9,2)6-15(12,13)14/h7H,3-6H2,1-2H3,(H,12,13,14)/t7?,9-,10?/m0/s1. The lowest BCUT2D eigenvalue weighted by Gasteiger charge is -2.35. The van der Waals surface area contributed by atoms with Crippen LogP contribution in [0, 0.1) is 16.7 Å². The van der Waals surface area contributed by atoms with E-state index in [2.05, 4.69) is 0 Å². The van der Waals surface area contributed by atoms with Gasteiger partial charge >= 0.3 is 0 Å². The molecule has 0 aromatic carbocycles. The van der Waals surface area contributed by atoms with Crippen LogP contribution in [-0.4, -0.2) is 24.5 Å². The van der Waals surface area contributed by atoms with Crippen LogP contribution in [0.1, 0.15) is 33.1 Å². The van der Waals surface area contributed by atoms with Crippen LogP contribution in [0.15, 0.2) is 0 Å². The Hall–Kier alpha value is -0.420. The van der Waals surface area contributed by atoms with Crippen LogP contribution in [0.3, 0.4) is 0 Å². The summed E-state index contributed by atoms with van der Waals surface area (Å²) < 4.78 is 31.0. The van der Waals surface area contributed by atoms with Crippen LogP contribution in [0.2, 0.25) is 0 Å². The number of fused-ring (bicyclic) bond motifs is 2. The van der Waals surface area contributed by atoms with Gasteiger partial charge in [0.2, 0.25) is 0 Å². The highest BCUT2D eigenvalue weighted by Crippen LogP contribution is 2.64. The van der Waals surface area contributed by atoms with Crippen LogP contribution in [0.4, 0.5) is 0 Å². The largest absolute Gasteiger partial charge is 0.299 e. The molecule has 0 radical (unpaired) electrons. The third-order valence-electron chi connectivity index (χ3n) is 4.68. The zero-order valence-corrected chi connectivity index (χ0v) is 9.80. The van der Waals surface area contributed by atoms with E-state index in [4.69, 9.17) is 4.55 Å².